The van der Waals surface area contributed by atoms with E-state index in [4.69, 9.17) is 10.5 Å². The molecule has 0 fully saturated rings. The summed E-state index contributed by atoms with van der Waals surface area (Å²) in [5, 5.41) is 8.24. The van der Waals surface area contributed by atoms with Gasteiger partial charge < -0.3 is 10.5 Å². The number of benzene rings is 1. The summed E-state index contributed by atoms with van der Waals surface area (Å²) < 4.78 is 6.45. The molecule has 0 aliphatic rings. The van der Waals surface area contributed by atoms with Crippen LogP contribution in [0.2, 0.25) is 0 Å². The van der Waals surface area contributed by atoms with E-state index in [1.54, 1.807) is 22.9 Å². The van der Waals surface area contributed by atoms with Gasteiger partial charge in [-0.15, -0.1) is 5.10 Å². The average Bonchev–Trinajstić information content (AvgIpc) is 2.90. The van der Waals surface area contributed by atoms with E-state index in [0.717, 1.165) is 17.1 Å². The Kier molecular flexibility index (Phi) is 4.14. The molecule has 1 heterocycles. The number of hydrogen-bond donors (Lipinski definition) is 1. The molecule has 2 rings (SSSR count). The largest absolute Gasteiger partial charge is 0.465 e. The van der Waals surface area contributed by atoms with Crippen molar-refractivity contribution in [1.82, 2.24) is 15.0 Å². The highest BCUT2D eigenvalue weighted by molar-refractivity contribution is 5.89. The summed E-state index contributed by atoms with van der Waals surface area (Å²) in [6, 6.07) is 7.08. The summed E-state index contributed by atoms with van der Waals surface area (Å²) in [7, 11) is 1.36. The van der Waals surface area contributed by atoms with Gasteiger partial charge in [-0.1, -0.05) is 25.1 Å². The van der Waals surface area contributed by atoms with Crippen LogP contribution in [0.1, 0.15) is 41.5 Å². The van der Waals surface area contributed by atoms with Crippen molar-refractivity contribution in [3.8, 4) is 5.69 Å². The molecular formula is C14H18N4O2. The predicted molar refractivity (Wildman–Crippen MR) is 74.7 cm³/mol. The topological polar surface area (TPSA) is 83.0 Å². The second kappa shape index (κ2) is 5.83. The Morgan fingerprint density at radius 1 is 1.45 bits per heavy atom. The van der Waals surface area contributed by atoms with Crippen LogP contribution >= 0.6 is 0 Å². The summed E-state index contributed by atoms with van der Waals surface area (Å²) in [5.74, 6) is -0.151. The molecule has 0 saturated heterocycles. The van der Waals surface area contributed by atoms with E-state index in [9.17, 15) is 4.79 Å². The lowest BCUT2D eigenvalue weighted by molar-refractivity contribution is 0.0600. The third kappa shape index (κ3) is 2.55. The molecular weight excluding hydrogens is 256 g/mol. The van der Waals surface area contributed by atoms with Gasteiger partial charge in [0.15, 0.2) is 0 Å². The van der Waals surface area contributed by atoms with Crippen LogP contribution in [0.3, 0.4) is 0 Å². The average molecular weight is 274 g/mol. The summed E-state index contributed by atoms with van der Waals surface area (Å²) in [6.07, 6.45) is 0. The fourth-order valence-corrected chi connectivity index (χ4v) is 2.12. The van der Waals surface area contributed by atoms with Gasteiger partial charge in [-0.2, -0.15) is 0 Å². The van der Waals surface area contributed by atoms with Crippen LogP contribution in [0.15, 0.2) is 24.3 Å². The Balaban J connectivity index is 2.52. The maximum atomic E-state index is 11.6. The molecule has 0 saturated carbocycles. The number of carbonyl (C=O) groups is 1. The summed E-state index contributed by atoms with van der Waals surface area (Å²) in [6.45, 7) is 4.45. The number of carbonyl (C=O) groups excluding carboxylic acids is 1. The monoisotopic (exact) mass is 274 g/mol. The number of methoxy groups -OCH3 is 1. The van der Waals surface area contributed by atoms with Gasteiger partial charge in [0.1, 0.15) is 5.69 Å². The van der Waals surface area contributed by atoms with Crippen molar-refractivity contribution >= 4 is 5.97 Å². The molecule has 6 heteroatoms. The second-order valence-corrected chi connectivity index (χ2v) is 4.73. The van der Waals surface area contributed by atoms with Crippen LogP contribution in [0.4, 0.5) is 0 Å². The number of ether oxygens (including phenoxy) is 1. The van der Waals surface area contributed by atoms with Gasteiger partial charge in [0.2, 0.25) is 0 Å². The van der Waals surface area contributed by atoms with E-state index in [1.807, 2.05) is 6.07 Å². The van der Waals surface area contributed by atoms with Gasteiger partial charge in [-0.25, -0.2) is 9.48 Å². The number of rotatable bonds is 4. The Bertz CT molecular complexity index is 619. The van der Waals surface area contributed by atoms with Gasteiger partial charge in [-0.05, 0) is 24.1 Å². The zero-order chi connectivity index (χ0) is 14.7. The van der Waals surface area contributed by atoms with Gasteiger partial charge >= 0.3 is 5.97 Å². The number of esters is 1. The zero-order valence-corrected chi connectivity index (χ0v) is 11.8. The molecule has 0 radical (unpaired) electrons. The van der Waals surface area contributed by atoms with Crippen LogP contribution in [-0.2, 0) is 11.3 Å². The first-order valence-electron chi connectivity index (χ1n) is 6.41. The molecule has 0 unspecified atom stereocenters. The summed E-state index contributed by atoms with van der Waals surface area (Å²) in [5.41, 5.74) is 8.65. The normalized spacial score (nSPS) is 10.8. The first-order valence-corrected chi connectivity index (χ1v) is 6.41. The van der Waals surface area contributed by atoms with Crippen molar-refractivity contribution in [2.24, 2.45) is 5.73 Å². The highest BCUT2D eigenvalue weighted by atomic mass is 16.5. The molecule has 2 N–H and O–H groups in total. The van der Waals surface area contributed by atoms with Crippen LogP contribution in [0.5, 0.6) is 0 Å². The minimum Gasteiger partial charge on any atom is -0.465 e. The molecule has 6 nitrogen and oxygen atoms in total. The predicted octanol–water partition coefficient (Wildman–Crippen LogP) is 1.64. The van der Waals surface area contributed by atoms with E-state index in [1.165, 1.54) is 7.11 Å². The van der Waals surface area contributed by atoms with Crippen molar-refractivity contribution in [3.63, 3.8) is 0 Å². The fourth-order valence-electron chi connectivity index (χ4n) is 2.12. The van der Waals surface area contributed by atoms with Crippen molar-refractivity contribution in [2.45, 2.75) is 26.3 Å². The minimum absolute atomic E-state index is 0.227. The van der Waals surface area contributed by atoms with Gasteiger partial charge in [0, 0.05) is 6.54 Å². The first-order chi connectivity index (χ1) is 9.58. The lowest BCUT2D eigenvalue weighted by Crippen LogP contribution is -2.09. The maximum Gasteiger partial charge on any atom is 0.337 e. The number of nitrogens with two attached hydrogens (primary N) is 1. The minimum atomic E-state index is -0.378. The summed E-state index contributed by atoms with van der Waals surface area (Å²) in [4.78, 5) is 11.6. The van der Waals surface area contributed by atoms with Crippen molar-refractivity contribution in [1.29, 1.82) is 0 Å². The molecule has 0 spiro atoms. The fraction of sp³-hybridized carbons (Fsp3) is 0.357. The molecule has 20 heavy (non-hydrogen) atoms. The van der Waals surface area contributed by atoms with Crippen LogP contribution in [-0.4, -0.2) is 28.1 Å². The van der Waals surface area contributed by atoms with E-state index in [-0.39, 0.29) is 11.9 Å². The SMILES string of the molecule is COC(=O)c1cccc(-n2nnc(CN)c2C(C)C)c1. The molecule has 1 aromatic heterocycles. The van der Waals surface area contributed by atoms with Crippen LogP contribution in [0.25, 0.3) is 5.69 Å². The van der Waals surface area contributed by atoms with E-state index < -0.39 is 0 Å². The standard InChI is InChI=1S/C14H18N4O2/c1-9(2)13-12(8-15)16-17-18(13)11-6-4-5-10(7-11)14(19)20-3/h4-7,9H,8,15H2,1-3H3. The zero-order valence-electron chi connectivity index (χ0n) is 11.8. The molecule has 1 aromatic carbocycles. The Hall–Kier alpha value is -2.21. The van der Waals surface area contributed by atoms with E-state index in [2.05, 4.69) is 24.2 Å². The highest BCUT2D eigenvalue weighted by Gasteiger charge is 2.17. The highest BCUT2D eigenvalue weighted by Crippen LogP contribution is 2.21. The van der Waals surface area contributed by atoms with Crippen LogP contribution in [0, 0.1) is 0 Å². The lowest BCUT2D eigenvalue weighted by atomic mass is 10.1. The maximum absolute atomic E-state index is 11.6. The third-order valence-electron chi connectivity index (χ3n) is 3.03. The first kappa shape index (κ1) is 14.2. The molecule has 0 bridgehead atoms. The van der Waals surface area contributed by atoms with Crippen molar-refractivity contribution in [2.75, 3.05) is 7.11 Å². The molecule has 0 atom stereocenters. The molecule has 106 valence electrons. The Labute approximate surface area is 117 Å². The Morgan fingerprint density at radius 3 is 2.80 bits per heavy atom. The van der Waals surface area contributed by atoms with Gasteiger partial charge in [0.05, 0.1) is 24.1 Å². The Morgan fingerprint density at radius 2 is 2.20 bits per heavy atom. The molecule has 2 aromatic rings. The smallest absolute Gasteiger partial charge is 0.337 e. The summed E-state index contributed by atoms with van der Waals surface area (Å²) >= 11 is 0. The quantitative estimate of drug-likeness (QED) is 0.857. The number of hydrogen-bond acceptors (Lipinski definition) is 5. The number of aromatic nitrogens is 3. The van der Waals surface area contributed by atoms with Crippen molar-refractivity contribution in [3.05, 3.63) is 41.2 Å². The van der Waals surface area contributed by atoms with Gasteiger partial charge in [-0.3, -0.25) is 0 Å². The van der Waals surface area contributed by atoms with E-state index >= 15 is 0 Å². The van der Waals surface area contributed by atoms with E-state index in [0.29, 0.717) is 12.1 Å². The third-order valence-corrected chi connectivity index (χ3v) is 3.03. The molecule has 0 aliphatic heterocycles. The van der Waals surface area contributed by atoms with Crippen LogP contribution < -0.4 is 5.73 Å². The van der Waals surface area contributed by atoms with Crippen molar-refractivity contribution < 1.29 is 9.53 Å². The number of nitrogens with zero attached hydrogens (tertiary/aromatic N) is 3. The second-order valence-electron chi connectivity index (χ2n) is 4.73. The molecule has 0 amide bonds. The molecule has 0 aliphatic carbocycles. The lowest BCUT2D eigenvalue weighted by Gasteiger charge is -2.11. The van der Waals surface area contributed by atoms with Gasteiger partial charge in [0.25, 0.3) is 0 Å².